The van der Waals surface area contributed by atoms with Crippen LogP contribution in [0.4, 0.5) is 0 Å². The molecule has 7 heteroatoms. The summed E-state index contributed by atoms with van der Waals surface area (Å²) in [6.07, 6.45) is 0. The van der Waals surface area contributed by atoms with Gasteiger partial charge in [-0.1, -0.05) is 36.4 Å². The maximum atomic E-state index is 13.1. The van der Waals surface area contributed by atoms with E-state index in [9.17, 15) is 9.36 Å². The summed E-state index contributed by atoms with van der Waals surface area (Å²) in [4.78, 5) is 11.8. The average Bonchev–Trinajstić information content (AvgIpc) is 2.56. The third-order valence-corrected chi connectivity index (χ3v) is 4.54. The first-order chi connectivity index (χ1) is 11.5. The van der Waals surface area contributed by atoms with Crippen molar-refractivity contribution < 1.29 is 23.1 Å². The molecule has 2 aromatic rings. The van der Waals surface area contributed by atoms with Crippen molar-refractivity contribution in [3.05, 3.63) is 60.7 Å². The van der Waals surface area contributed by atoms with Gasteiger partial charge in [-0.15, -0.1) is 0 Å². The number of carbonyl (C=O) groups excluding carboxylic acids is 1. The molecule has 0 bridgehead atoms. The van der Waals surface area contributed by atoms with Gasteiger partial charge in [-0.05, 0) is 38.1 Å². The van der Waals surface area contributed by atoms with Crippen LogP contribution in [0.2, 0.25) is 0 Å². The van der Waals surface area contributed by atoms with E-state index in [1.165, 1.54) is 6.92 Å². The zero-order chi connectivity index (χ0) is 17.4. The van der Waals surface area contributed by atoms with Crippen molar-refractivity contribution in [1.82, 2.24) is 5.09 Å². The van der Waals surface area contributed by atoms with Gasteiger partial charge < -0.3 is 13.8 Å². The molecule has 0 aromatic heterocycles. The average molecular weight is 349 g/mol. The first-order valence-electron chi connectivity index (χ1n) is 7.56. The van der Waals surface area contributed by atoms with Crippen LogP contribution in [-0.4, -0.2) is 18.6 Å². The SMILES string of the molecule is CCOC(=O)[C@H](C)NP(=O)(Oc1ccccc1)Oc1ccccc1. The minimum absolute atomic E-state index is 0.230. The van der Waals surface area contributed by atoms with Crippen LogP contribution in [-0.2, 0) is 14.1 Å². The summed E-state index contributed by atoms with van der Waals surface area (Å²) < 4.78 is 29.1. The molecule has 0 unspecified atom stereocenters. The fraction of sp³-hybridized carbons (Fsp3) is 0.235. The van der Waals surface area contributed by atoms with E-state index in [4.69, 9.17) is 13.8 Å². The zero-order valence-electron chi connectivity index (χ0n) is 13.5. The predicted molar refractivity (Wildman–Crippen MR) is 91.0 cm³/mol. The van der Waals surface area contributed by atoms with E-state index < -0.39 is 19.8 Å². The molecule has 0 radical (unpaired) electrons. The van der Waals surface area contributed by atoms with Gasteiger partial charge in [0.25, 0.3) is 0 Å². The monoisotopic (exact) mass is 349 g/mol. The van der Waals surface area contributed by atoms with Gasteiger partial charge in [-0.25, -0.2) is 4.57 Å². The van der Waals surface area contributed by atoms with Gasteiger partial charge in [-0.3, -0.25) is 4.79 Å². The van der Waals surface area contributed by atoms with Crippen molar-refractivity contribution in [2.24, 2.45) is 0 Å². The number of nitrogens with one attached hydrogen (secondary N) is 1. The maximum Gasteiger partial charge on any atom is 0.513 e. The minimum atomic E-state index is -3.85. The first-order valence-corrected chi connectivity index (χ1v) is 9.10. The molecule has 0 saturated carbocycles. The molecule has 2 aromatic carbocycles. The van der Waals surface area contributed by atoms with Gasteiger partial charge in [0.15, 0.2) is 0 Å². The summed E-state index contributed by atoms with van der Waals surface area (Å²) in [6, 6.07) is 16.4. The maximum absolute atomic E-state index is 13.1. The van der Waals surface area contributed by atoms with Gasteiger partial charge in [0, 0.05) is 0 Å². The Morgan fingerprint density at radius 2 is 1.46 bits per heavy atom. The molecule has 0 heterocycles. The highest BCUT2D eigenvalue weighted by Gasteiger charge is 2.33. The van der Waals surface area contributed by atoms with Crippen LogP contribution in [0.15, 0.2) is 60.7 Å². The number of esters is 1. The highest BCUT2D eigenvalue weighted by atomic mass is 31.2. The Balaban J connectivity index is 2.20. The molecule has 1 N–H and O–H groups in total. The number of rotatable bonds is 8. The number of hydrogen-bond donors (Lipinski definition) is 1. The Hall–Kier alpha value is -2.30. The third-order valence-electron chi connectivity index (χ3n) is 2.93. The predicted octanol–water partition coefficient (Wildman–Crippen LogP) is 3.79. The topological polar surface area (TPSA) is 73.9 Å². The van der Waals surface area contributed by atoms with Crippen molar-refractivity contribution in [2.75, 3.05) is 6.61 Å². The summed E-state index contributed by atoms with van der Waals surface area (Å²) in [6.45, 7) is 3.47. The molecule has 0 aliphatic rings. The normalized spacial score (nSPS) is 12.2. The molecule has 6 nitrogen and oxygen atoms in total. The Morgan fingerprint density at radius 3 is 1.88 bits per heavy atom. The van der Waals surface area contributed by atoms with Crippen molar-refractivity contribution >= 4 is 13.7 Å². The highest BCUT2D eigenvalue weighted by Crippen LogP contribution is 2.45. The summed E-state index contributed by atoms with van der Waals surface area (Å²) >= 11 is 0. The van der Waals surface area contributed by atoms with Crippen LogP contribution >= 0.6 is 7.75 Å². The quantitative estimate of drug-likeness (QED) is 0.577. The van der Waals surface area contributed by atoms with Gasteiger partial charge >= 0.3 is 13.7 Å². The highest BCUT2D eigenvalue weighted by molar-refractivity contribution is 7.52. The van der Waals surface area contributed by atoms with Crippen LogP contribution in [0.5, 0.6) is 11.5 Å². The molecule has 1 atom stereocenters. The summed E-state index contributed by atoms with van der Waals surface area (Å²) in [7, 11) is -3.85. The van der Waals surface area contributed by atoms with Crippen LogP contribution in [0.25, 0.3) is 0 Å². The third kappa shape index (κ3) is 5.41. The first kappa shape index (κ1) is 18.0. The van der Waals surface area contributed by atoms with Crippen molar-refractivity contribution in [3.63, 3.8) is 0 Å². The Kier molecular flexibility index (Phi) is 6.41. The summed E-state index contributed by atoms with van der Waals surface area (Å²) in [5.41, 5.74) is 0. The van der Waals surface area contributed by atoms with Crippen LogP contribution in [0, 0.1) is 0 Å². The second-order valence-corrected chi connectivity index (χ2v) is 6.53. The van der Waals surface area contributed by atoms with E-state index in [-0.39, 0.29) is 6.61 Å². The summed E-state index contributed by atoms with van der Waals surface area (Å²) in [5.74, 6) is 0.187. The lowest BCUT2D eigenvalue weighted by atomic mass is 10.3. The van der Waals surface area contributed by atoms with E-state index in [2.05, 4.69) is 5.09 Å². The smallest absolute Gasteiger partial charge is 0.465 e. The summed E-state index contributed by atoms with van der Waals surface area (Å²) in [5, 5.41) is 2.61. The largest absolute Gasteiger partial charge is 0.513 e. The molecule has 0 saturated heterocycles. The lowest BCUT2D eigenvalue weighted by Crippen LogP contribution is -2.35. The second-order valence-electron chi connectivity index (χ2n) is 4.91. The Bertz CT molecular complexity index is 647. The zero-order valence-corrected chi connectivity index (χ0v) is 14.4. The second kappa shape index (κ2) is 8.52. The van der Waals surface area contributed by atoms with Gasteiger partial charge in [-0.2, -0.15) is 5.09 Å². The lowest BCUT2D eigenvalue weighted by Gasteiger charge is -2.23. The Labute approximate surface area is 141 Å². The molecular weight excluding hydrogens is 329 g/mol. The minimum Gasteiger partial charge on any atom is -0.465 e. The van der Waals surface area contributed by atoms with Gasteiger partial charge in [0.05, 0.1) is 6.61 Å². The molecule has 0 amide bonds. The van der Waals surface area contributed by atoms with Crippen molar-refractivity contribution in [2.45, 2.75) is 19.9 Å². The fourth-order valence-corrected chi connectivity index (χ4v) is 3.39. The van der Waals surface area contributed by atoms with E-state index >= 15 is 0 Å². The number of benzene rings is 2. The standard InChI is InChI=1S/C17H20NO5P/c1-3-21-17(19)14(2)18-24(20,22-15-10-6-4-7-11-15)23-16-12-8-5-9-13-16/h4-14H,3H2,1-2H3,(H,18,20)/t14-/m0/s1. The number of para-hydroxylation sites is 2. The van der Waals surface area contributed by atoms with E-state index in [0.717, 1.165) is 0 Å². The van der Waals surface area contributed by atoms with Crippen LogP contribution in [0.1, 0.15) is 13.8 Å². The van der Waals surface area contributed by atoms with Gasteiger partial charge in [0.1, 0.15) is 17.5 Å². The molecule has 2 rings (SSSR count). The van der Waals surface area contributed by atoms with Crippen molar-refractivity contribution in [1.29, 1.82) is 0 Å². The number of hydrogen-bond acceptors (Lipinski definition) is 5. The van der Waals surface area contributed by atoms with E-state index in [1.807, 2.05) is 12.1 Å². The molecule has 0 spiro atoms. The van der Waals surface area contributed by atoms with Crippen LogP contribution < -0.4 is 14.1 Å². The van der Waals surface area contributed by atoms with E-state index in [1.54, 1.807) is 55.5 Å². The Morgan fingerprint density at radius 1 is 1.00 bits per heavy atom. The molecule has 0 aliphatic heterocycles. The number of ether oxygens (including phenoxy) is 1. The van der Waals surface area contributed by atoms with E-state index in [0.29, 0.717) is 11.5 Å². The molecule has 0 aliphatic carbocycles. The number of carbonyl (C=O) groups is 1. The van der Waals surface area contributed by atoms with Crippen molar-refractivity contribution in [3.8, 4) is 11.5 Å². The molecular formula is C17H20NO5P. The van der Waals surface area contributed by atoms with Gasteiger partial charge in [0.2, 0.25) is 0 Å². The van der Waals surface area contributed by atoms with Crippen LogP contribution in [0.3, 0.4) is 0 Å². The molecule has 128 valence electrons. The lowest BCUT2D eigenvalue weighted by molar-refractivity contribution is -0.144. The molecule has 24 heavy (non-hydrogen) atoms. The fourth-order valence-electron chi connectivity index (χ4n) is 1.87. The molecule has 0 fully saturated rings.